The van der Waals surface area contributed by atoms with E-state index in [4.69, 9.17) is 5.11 Å². The maximum atomic E-state index is 11.9. The van der Waals surface area contributed by atoms with Crippen molar-refractivity contribution in [1.82, 2.24) is 4.90 Å². The summed E-state index contributed by atoms with van der Waals surface area (Å²) in [6.07, 6.45) is 5.39. The molecule has 1 saturated heterocycles. The predicted molar refractivity (Wildman–Crippen MR) is 67.5 cm³/mol. The molecule has 1 amide bonds. The molecule has 1 saturated carbocycles. The fourth-order valence-electron chi connectivity index (χ4n) is 3.36. The predicted octanol–water partition coefficient (Wildman–Crippen LogP) is 2.04. The Morgan fingerprint density at radius 1 is 1.29 bits per heavy atom. The first-order chi connectivity index (χ1) is 8.11. The molecular weight excluding hydrogens is 214 g/mol. The van der Waals surface area contributed by atoms with Crippen LogP contribution in [-0.2, 0) is 4.79 Å². The zero-order valence-electron chi connectivity index (χ0n) is 11.1. The number of carbonyl (C=O) groups excluding carboxylic acids is 1. The summed E-state index contributed by atoms with van der Waals surface area (Å²) >= 11 is 0. The van der Waals surface area contributed by atoms with E-state index in [1.165, 1.54) is 12.8 Å². The lowest BCUT2D eigenvalue weighted by Crippen LogP contribution is -2.39. The van der Waals surface area contributed by atoms with Crippen LogP contribution >= 0.6 is 0 Å². The second-order valence-corrected chi connectivity index (χ2v) is 6.11. The molecule has 0 bridgehead atoms. The Morgan fingerprint density at radius 3 is 2.41 bits per heavy atom. The molecule has 0 aromatic rings. The van der Waals surface area contributed by atoms with Crippen LogP contribution in [0.15, 0.2) is 0 Å². The van der Waals surface area contributed by atoms with Crippen molar-refractivity contribution in [3.63, 3.8) is 0 Å². The largest absolute Gasteiger partial charge is 0.396 e. The van der Waals surface area contributed by atoms with Gasteiger partial charge in [0, 0.05) is 31.5 Å². The minimum absolute atomic E-state index is 0.156. The first-order valence-electron chi connectivity index (χ1n) is 7.02. The normalized spacial score (nSPS) is 34.7. The lowest BCUT2D eigenvalue weighted by molar-refractivity contribution is -0.130. The average molecular weight is 239 g/mol. The van der Waals surface area contributed by atoms with Crippen LogP contribution in [0.5, 0.6) is 0 Å². The smallest absolute Gasteiger partial charge is 0.223 e. The first-order valence-corrected chi connectivity index (χ1v) is 7.02. The number of aliphatic hydroxyl groups excluding tert-OH is 1. The first kappa shape index (κ1) is 12.9. The number of hydrogen-bond acceptors (Lipinski definition) is 2. The highest BCUT2D eigenvalue weighted by molar-refractivity contribution is 5.79. The molecule has 3 heteroatoms. The van der Waals surface area contributed by atoms with Crippen LogP contribution in [-0.4, -0.2) is 35.1 Å². The van der Waals surface area contributed by atoms with Crippen LogP contribution in [0, 0.1) is 17.8 Å². The minimum atomic E-state index is 0.156. The third-order valence-electron chi connectivity index (χ3n) is 4.62. The minimum Gasteiger partial charge on any atom is -0.396 e. The fraction of sp³-hybridized carbons (Fsp3) is 0.929. The third-order valence-corrected chi connectivity index (χ3v) is 4.62. The van der Waals surface area contributed by atoms with E-state index >= 15 is 0 Å². The maximum absolute atomic E-state index is 11.9. The molecule has 0 aromatic carbocycles. The molecule has 1 heterocycles. The molecule has 3 nitrogen and oxygen atoms in total. The van der Waals surface area contributed by atoms with E-state index in [1.54, 1.807) is 0 Å². The highest BCUT2D eigenvalue weighted by Gasteiger charge is 2.35. The second-order valence-electron chi connectivity index (χ2n) is 6.11. The van der Waals surface area contributed by atoms with Crippen molar-refractivity contribution in [2.24, 2.45) is 17.8 Å². The molecule has 1 N–H and O–H groups in total. The summed E-state index contributed by atoms with van der Waals surface area (Å²) in [6.45, 7) is 5.54. The van der Waals surface area contributed by atoms with Crippen LogP contribution < -0.4 is 0 Å². The molecule has 17 heavy (non-hydrogen) atoms. The van der Waals surface area contributed by atoms with Gasteiger partial charge in [0.2, 0.25) is 5.91 Å². The molecular formula is C14H25NO2. The van der Waals surface area contributed by atoms with Crippen molar-refractivity contribution >= 4 is 5.91 Å². The molecule has 1 aliphatic heterocycles. The number of carbonyl (C=O) groups is 1. The van der Waals surface area contributed by atoms with Crippen LogP contribution in [0.1, 0.15) is 46.0 Å². The van der Waals surface area contributed by atoms with Crippen molar-refractivity contribution in [3.05, 3.63) is 0 Å². The maximum Gasteiger partial charge on any atom is 0.223 e. The summed E-state index contributed by atoms with van der Waals surface area (Å²) in [5.41, 5.74) is 0. The van der Waals surface area contributed by atoms with E-state index in [2.05, 4.69) is 13.8 Å². The SMILES string of the molecule is CC(C)C1CCC(N2CC(CO)CC2=O)CC1. The van der Waals surface area contributed by atoms with Gasteiger partial charge < -0.3 is 10.0 Å². The Balaban J connectivity index is 1.87. The Kier molecular flexibility index (Phi) is 4.08. The molecule has 0 spiro atoms. The molecule has 1 aliphatic carbocycles. The summed E-state index contributed by atoms with van der Waals surface area (Å²) in [5.74, 6) is 2.07. The van der Waals surface area contributed by atoms with E-state index in [0.29, 0.717) is 12.5 Å². The Labute approximate surface area is 104 Å². The molecule has 2 rings (SSSR count). The topological polar surface area (TPSA) is 40.5 Å². The number of amides is 1. The van der Waals surface area contributed by atoms with E-state index in [0.717, 1.165) is 31.2 Å². The highest BCUT2D eigenvalue weighted by atomic mass is 16.3. The van der Waals surface area contributed by atoms with Gasteiger partial charge in [-0.25, -0.2) is 0 Å². The molecule has 1 atom stereocenters. The van der Waals surface area contributed by atoms with Crippen LogP contribution in [0.4, 0.5) is 0 Å². The van der Waals surface area contributed by atoms with Gasteiger partial charge in [-0.05, 0) is 37.5 Å². The lowest BCUT2D eigenvalue weighted by atomic mass is 9.79. The lowest BCUT2D eigenvalue weighted by Gasteiger charge is -2.36. The van der Waals surface area contributed by atoms with Gasteiger partial charge in [-0.15, -0.1) is 0 Å². The number of hydrogen-bond donors (Lipinski definition) is 1. The molecule has 2 aliphatic rings. The molecule has 0 aromatic heterocycles. The zero-order valence-corrected chi connectivity index (χ0v) is 11.1. The van der Waals surface area contributed by atoms with Crippen LogP contribution in [0.2, 0.25) is 0 Å². The molecule has 1 unspecified atom stereocenters. The average Bonchev–Trinajstić information content (AvgIpc) is 2.71. The molecule has 2 fully saturated rings. The summed E-state index contributed by atoms with van der Waals surface area (Å²) in [6, 6.07) is 0.453. The monoisotopic (exact) mass is 239 g/mol. The standard InChI is InChI=1S/C14H25NO2/c1-10(2)12-3-5-13(6-4-12)15-8-11(9-16)7-14(15)17/h10-13,16H,3-9H2,1-2H3. The number of aliphatic hydroxyl groups is 1. The second kappa shape index (κ2) is 5.38. The van der Waals surface area contributed by atoms with Gasteiger partial charge in [-0.1, -0.05) is 13.8 Å². The van der Waals surface area contributed by atoms with Crippen LogP contribution in [0.3, 0.4) is 0 Å². The number of rotatable bonds is 3. The van der Waals surface area contributed by atoms with E-state index in [-0.39, 0.29) is 18.4 Å². The summed E-state index contributed by atoms with van der Waals surface area (Å²) in [5, 5.41) is 9.14. The van der Waals surface area contributed by atoms with Gasteiger partial charge >= 0.3 is 0 Å². The van der Waals surface area contributed by atoms with Gasteiger partial charge in [0.15, 0.2) is 0 Å². The fourth-order valence-corrected chi connectivity index (χ4v) is 3.36. The van der Waals surface area contributed by atoms with Crippen molar-refractivity contribution in [2.45, 2.75) is 52.0 Å². The van der Waals surface area contributed by atoms with Crippen molar-refractivity contribution in [2.75, 3.05) is 13.2 Å². The van der Waals surface area contributed by atoms with Gasteiger partial charge in [0.1, 0.15) is 0 Å². The van der Waals surface area contributed by atoms with E-state index < -0.39 is 0 Å². The van der Waals surface area contributed by atoms with Crippen LogP contribution in [0.25, 0.3) is 0 Å². The Bertz CT molecular complexity index is 269. The van der Waals surface area contributed by atoms with Gasteiger partial charge in [-0.3, -0.25) is 4.79 Å². The van der Waals surface area contributed by atoms with Gasteiger partial charge in [-0.2, -0.15) is 0 Å². The highest BCUT2D eigenvalue weighted by Crippen LogP contribution is 2.34. The number of nitrogens with zero attached hydrogens (tertiary/aromatic N) is 1. The zero-order chi connectivity index (χ0) is 12.4. The third kappa shape index (κ3) is 2.82. The van der Waals surface area contributed by atoms with Gasteiger partial charge in [0.05, 0.1) is 0 Å². The summed E-state index contributed by atoms with van der Waals surface area (Å²) in [7, 11) is 0. The van der Waals surface area contributed by atoms with Crippen molar-refractivity contribution in [3.8, 4) is 0 Å². The quantitative estimate of drug-likeness (QED) is 0.819. The Morgan fingerprint density at radius 2 is 1.94 bits per heavy atom. The molecule has 98 valence electrons. The van der Waals surface area contributed by atoms with Crippen molar-refractivity contribution in [1.29, 1.82) is 0 Å². The Hall–Kier alpha value is -0.570. The molecule has 0 radical (unpaired) electrons. The summed E-state index contributed by atoms with van der Waals surface area (Å²) < 4.78 is 0. The number of likely N-dealkylation sites (tertiary alicyclic amines) is 1. The van der Waals surface area contributed by atoms with E-state index in [9.17, 15) is 4.79 Å². The summed E-state index contributed by atoms with van der Waals surface area (Å²) in [4.78, 5) is 13.9. The van der Waals surface area contributed by atoms with E-state index in [1.807, 2.05) is 4.90 Å². The van der Waals surface area contributed by atoms with Crippen molar-refractivity contribution < 1.29 is 9.90 Å². The van der Waals surface area contributed by atoms with Gasteiger partial charge in [0.25, 0.3) is 0 Å².